The molecule has 3 rings (SSSR count). The van der Waals surface area contributed by atoms with Gasteiger partial charge in [0.2, 0.25) is 0 Å². The lowest BCUT2D eigenvalue weighted by Gasteiger charge is -2.26. The van der Waals surface area contributed by atoms with E-state index in [-0.39, 0.29) is 6.04 Å². The van der Waals surface area contributed by atoms with Crippen LogP contribution in [0.1, 0.15) is 38.5 Å². The van der Waals surface area contributed by atoms with E-state index in [0.29, 0.717) is 5.92 Å². The van der Waals surface area contributed by atoms with Gasteiger partial charge in [-0.15, -0.1) is 0 Å². The number of hydrogen-bond acceptors (Lipinski definition) is 3. The summed E-state index contributed by atoms with van der Waals surface area (Å²) in [6, 6.07) is 10.9. The van der Waals surface area contributed by atoms with Crippen LogP contribution in [0.3, 0.4) is 0 Å². The normalized spacial score (nSPS) is 17.2. The van der Waals surface area contributed by atoms with Crippen LogP contribution >= 0.6 is 0 Å². The first-order chi connectivity index (χ1) is 9.63. The summed E-state index contributed by atoms with van der Waals surface area (Å²) in [7, 11) is 0. The van der Waals surface area contributed by atoms with Gasteiger partial charge in [-0.05, 0) is 30.9 Å². The third-order valence-electron chi connectivity index (χ3n) is 3.90. The van der Waals surface area contributed by atoms with Crippen LogP contribution in [0.2, 0.25) is 0 Å². The van der Waals surface area contributed by atoms with Crippen LogP contribution in [0.25, 0.3) is 11.0 Å². The first-order valence-corrected chi connectivity index (χ1v) is 7.61. The fourth-order valence-corrected chi connectivity index (χ4v) is 2.81. The van der Waals surface area contributed by atoms with Crippen molar-refractivity contribution in [2.45, 2.75) is 38.8 Å². The van der Waals surface area contributed by atoms with Crippen molar-refractivity contribution in [3.8, 4) is 0 Å². The molecule has 1 aliphatic rings. The Hall–Kier alpha value is -1.32. The number of benzene rings is 1. The van der Waals surface area contributed by atoms with Gasteiger partial charge in [0.05, 0.1) is 6.04 Å². The molecule has 0 amide bonds. The van der Waals surface area contributed by atoms with E-state index >= 15 is 0 Å². The maximum atomic E-state index is 6.37. The van der Waals surface area contributed by atoms with Gasteiger partial charge in [-0.3, -0.25) is 4.90 Å². The second-order valence-corrected chi connectivity index (χ2v) is 6.37. The SMILES string of the molecule is CC(C)CN(CC(N)c1cc2ccccc2o1)C1CC1. The van der Waals surface area contributed by atoms with E-state index in [1.165, 1.54) is 12.8 Å². The molecule has 1 atom stereocenters. The summed E-state index contributed by atoms with van der Waals surface area (Å²) < 4.78 is 5.88. The summed E-state index contributed by atoms with van der Waals surface area (Å²) in [5.41, 5.74) is 7.30. The lowest BCUT2D eigenvalue weighted by atomic mass is 10.1. The summed E-state index contributed by atoms with van der Waals surface area (Å²) in [5, 5.41) is 1.14. The van der Waals surface area contributed by atoms with Gasteiger partial charge in [0.15, 0.2) is 0 Å². The van der Waals surface area contributed by atoms with Crippen molar-refractivity contribution >= 4 is 11.0 Å². The Kier molecular flexibility index (Phi) is 3.81. The Morgan fingerprint density at radius 2 is 2.00 bits per heavy atom. The van der Waals surface area contributed by atoms with Gasteiger partial charge in [-0.2, -0.15) is 0 Å². The van der Waals surface area contributed by atoms with E-state index in [4.69, 9.17) is 10.2 Å². The van der Waals surface area contributed by atoms with Crippen molar-refractivity contribution in [1.29, 1.82) is 0 Å². The van der Waals surface area contributed by atoms with Crippen LogP contribution in [0, 0.1) is 5.92 Å². The van der Waals surface area contributed by atoms with E-state index in [9.17, 15) is 0 Å². The van der Waals surface area contributed by atoms with Crippen LogP contribution < -0.4 is 5.73 Å². The zero-order valence-electron chi connectivity index (χ0n) is 12.4. The number of furan rings is 1. The number of fused-ring (bicyclic) bond motifs is 1. The van der Waals surface area contributed by atoms with Crippen LogP contribution in [-0.4, -0.2) is 24.0 Å². The number of para-hydroxylation sites is 1. The first-order valence-electron chi connectivity index (χ1n) is 7.61. The second-order valence-electron chi connectivity index (χ2n) is 6.37. The number of nitrogens with zero attached hydrogens (tertiary/aromatic N) is 1. The van der Waals surface area contributed by atoms with Gasteiger partial charge in [-0.1, -0.05) is 32.0 Å². The molecule has 0 radical (unpaired) electrons. The maximum Gasteiger partial charge on any atom is 0.134 e. The average Bonchev–Trinajstić information content (AvgIpc) is 3.16. The fourth-order valence-electron chi connectivity index (χ4n) is 2.81. The first kappa shape index (κ1) is 13.7. The Balaban J connectivity index is 1.72. The molecule has 1 saturated carbocycles. The molecule has 1 aromatic heterocycles. The average molecular weight is 272 g/mol. The lowest BCUT2D eigenvalue weighted by molar-refractivity contribution is 0.214. The minimum atomic E-state index is -0.0400. The number of rotatable bonds is 6. The van der Waals surface area contributed by atoms with Crippen LogP contribution in [0.15, 0.2) is 34.7 Å². The number of hydrogen-bond donors (Lipinski definition) is 1. The molecule has 1 aliphatic carbocycles. The van der Waals surface area contributed by atoms with E-state index in [1.54, 1.807) is 0 Å². The maximum absolute atomic E-state index is 6.37. The standard InChI is InChI=1S/C17H24N2O/c1-12(2)10-19(14-7-8-14)11-15(18)17-9-13-5-3-4-6-16(13)20-17/h3-6,9,12,14-15H,7-8,10-11,18H2,1-2H3. The molecule has 1 unspecified atom stereocenters. The summed E-state index contributed by atoms with van der Waals surface area (Å²) in [6.45, 7) is 6.55. The van der Waals surface area contributed by atoms with E-state index in [0.717, 1.165) is 35.9 Å². The molecule has 0 saturated heterocycles. The molecule has 0 aliphatic heterocycles. The Bertz CT molecular complexity index is 538. The molecule has 2 aromatic rings. The van der Waals surface area contributed by atoms with Crippen molar-refractivity contribution in [1.82, 2.24) is 4.90 Å². The van der Waals surface area contributed by atoms with Gasteiger partial charge >= 0.3 is 0 Å². The predicted molar refractivity (Wildman–Crippen MR) is 82.6 cm³/mol. The molecule has 0 spiro atoms. The zero-order chi connectivity index (χ0) is 14.1. The topological polar surface area (TPSA) is 42.4 Å². The van der Waals surface area contributed by atoms with Crippen molar-refractivity contribution in [3.63, 3.8) is 0 Å². The van der Waals surface area contributed by atoms with Gasteiger partial charge in [0.25, 0.3) is 0 Å². The largest absolute Gasteiger partial charge is 0.459 e. The van der Waals surface area contributed by atoms with E-state index < -0.39 is 0 Å². The monoisotopic (exact) mass is 272 g/mol. The summed E-state index contributed by atoms with van der Waals surface area (Å²) >= 11 is 0. The van der Waals surface area contributed by atoms with E-state index in [2.05, 4.69) is 30.9 Å². The zero-order valence-corrected chi connectivity index (χ0v) is 12.4. The molecule has 3 heteroatoms. The van der Waals surface area contributed by atoms with Crippen LogP contribution in [-0.2, 0) is 0 Å². The van der Waals surface area contributed by atoms with Crippen LogP contribution in [0.5, 0.6) is 0 Å². The fraction of sp³-hybridized carbons (Fsp3) is 0.529. The smallest absolute Gasteiger partial charge is 0.134 e. The molecular formula is C17H24N2O. The minimum absolute atomic E-state index is 0.0400. The molecule has 1 aromatic carbocycles. The van der Waals surface area contributed by atoms with Crippen molar-refractivity contribution < 1.29 is 4.42 Å². The van der Waals surface area contributed by atoms with Gasteiger partial charge < -0.3 is 10.2 Å². The van der Waals surface area contributed by atoms with Crippen molar-refractivity contribution in [2.75, 3.05) is 13.1 Å². The second kappa shape index (κ2) is 5.58. The summed E-state index contributed by atoms with van der Waals surface area (Å²) in [6.07, 6.45) is 2.64. The Morgan fingerprint density at radius 3 is 2.65 bits per heavy atom. The van der Waals surface area contributed by atoms with Gasteiger partial charge in [-0.25, -0.2) is 0 Å². The highest BCUT2D eigenvalue weighted by Gasteiger charge is 2.31. The lowest BCUT2D eigenvalue weighted by Crippen LogP contribution is -2.36. The van der Waals surface area contributed by atoms with Gasteiger partial charge in [0, 0.05) is 24.5 Å². The van der Waals surface area contributed by atoms with Crippen molar-refractivity contribution in [2.24, 2.45) is 11.7 Å². The third kappa shape index (κ3) is 3.05. The van der Waals surface area contributed by atoms with Crippen molar-refractivity contribution in [3.05, 3.63) is 36.1 Å². The quantitative estimate of drug-likeness (QED) is 0.874. The third-order valence-corrected chi connectivity index (χ3v) is 3.90. The van der Waals surface area contributed by atoms with Crippen LogP contribution in [0.4, 0.5) is 0 Å². The molecule has 2 N–H and O–H groups in total. The summed E-state index contributed by atoms with van der Waals surface area (Å²) in [4.78, 5) is 2.53. The molecular weight excluding hydrogens is 248 g/mol. The highest BCUT2D eigenvalue weighted by atomic mass is 16.3. The highest BCUT2D eigenvalue weighted by molar-refractivity contribution is 5.77. The Labute approximate surface area is 120 Å². The molecule has 108 valence electrons. The summed E-state index contributed by atoms with van der Waals surface area (Å²) in [5.74, 6) is 1.58. The van der Waals surface area contributed by atoms with Gasteiger partial charge in [0.1, 0.15) is 11.3 Å². The number of nitrogens with two attached hydrogens (primary N) is 1. The molecule has 3 nitrogen and oxygen atoms in total. The molecule has 0 bridgehead atoms. The minimum Gasteiger partial charge on any atom is -0.459 e. The van der Waals surface area contributed by atoms with E-state index in [1.807, 2.05) is 18.2 Å². The molecule has 1 fully saturated rings. The Morgan fingerprint density at radius 1 is 1.25 bits per heavy atom. The molecule has 20 heavy (non-hydrogen) atoms. The predicted octanol–water partition coefficient (Wildman–Crippen LogP) is 3.55. The highest BCUT2D eigenvalue weighted by Crippen LogP contribution is 2.30. The molecule has 1 heterocycles.